The van der Waals surface area contributed by atoms with Crippen LogP contribution in [0.5, 0.6) is 0 Å². The number of hydrogen-bond donors (Lipinski definition) is 0. The molecule has 144 valence electrons. The molecule has 0 atom stereocenters. The van der Waals surface area contributed by atoms with Crippen LogP contribution in [0.25, 0.3) is 0 Å². The number of anilines is 1. The van der Waals surface area contributed by atoms with Gasteiger partial charge in [0.15, 0.2) is 0 Å². The zero-order valence-corrected chi connectivity index (χ0v) is 16.8. The number of benzene rings is 1. The summed E-state index contributed by atoms with van der Waals surface area (Å²) in [5.41, 5.74) is 1.65. The van der Waals surface area contributed by atoms with Gasteiger partial charge < -0.3 is 14.7 Å². The summed E-state index contributed by atoms with van der Waals surface area (Å²) in [6, 6.07) is 11.5. The minimum Gasteiger partial charge on any atom is -0.357 e. The predicted molar refractivity (Wildman–Crippen MR) is 110 cm³/mol. The van der Waals surface area contributed by atoms with Crippen molar-refractivity contribution in [3.8, 4) is 0 Å². The number of aromatic nitrogens is 1. The quantitative estimate of drug-likeness (QED) is 0.729. The summed E-state index contributed by atoms with van der Waals surface area (Å²) in [7, 11) is 4.02. The van der Waals surface area contributed by atoms with Crippen molar-refractivity contribution in [2.45, 2.75) is 19.4 Å². The molecule has 0 bridgehead atoms. The lowest BCUT2D eigenvalue weighted by Gasteiger charge is -2.25. The maximum Gasteiger partial charge on any atom is 0.255 e. The molecule has 1 aromatic carbocycles. The number of amides is 1. The van der Waals surface area contributed by atoms with Crippen molar-refractivity contribution in [2.24, 2.45) is 0 Å². The third kappa shape index (κ3) is 5.44. The van der Waals surface area contributed by atoms with E-state index in [1.807, 2.05) is 55.4 Å². The minimum atomic E-state index is -0.00250. The molecule has 0 spiro atoms. The standard InChI is InChI=1S/C21H27ClN4O/c1-24(2)12-13-26(16-17-6-5-7-19(22)14-17)21(27)18-8-9-20(23-15-18)25-10-3-4-11-25/h5-9,14-15H,3-4,10-13,16H2,1-2H3. The SMILES string of the molecule is CN(C)CCN(Cc1cccc(Cl)c1)C(=O)c1ccc(N2CCCC2)nc1. The molecule has 27 heavy (non-hydrogen) atoms. The summed E-state index contributed by atoms with van der Waals surface area (Å²) in [5, 5.41) is 0.684. The molecule has 1 aromatic heterocycles. The van der Waals surface area contributed by atoms with Gasteiger partial charge in [-0.15, -0.1) is 0 Å². The number of hydrogen-bond acceptors (Lipinski definition) is 4. The number of pyridine rings is 1. The summed E-state index contributed by atoms with van der Waals surface area (Å²) in [6.07, 6.45) is 4.12. The Balaban J connectivity index is 1.74. The van der Waals surface area contributed by atoms with Crippen molar-refractivity contribution < 1.29 is 4.79 Å². The van der Waals surface area contributed by atoms with E-state index in [2.05, 4.69) is 14.8 Å². The molecule has 0 saturated carbocycles. The number of rotatable bonds is 7. The maximum absolute atomic E-state index is 13.1. The van der Waals surface area contributed by atoms with E-state index in [1.54, 1.807) is 6.20 Å². The van der Waals surface area contributed by atoms with Crippen LogP contribution >= 0.6 is 11.6 Å². The highest BCUT2D eigenvalue weighted by molar-refractivity contribution is 6.30. The molecule has 0 unspecified atom stereocenters. The van der Waals surface area contributed by atoms with E-state index in [4.69, 9.17) is 11.6 Å². The van der Waals surface area contributed by atoms with Crippen LogP contribution in [0.15, 0.2) is 42.6 Å². The highest BCUT2D eigenvalue weighted by Crippen LogP contribution is 2.19. The minimum absolute atomic E-state index is 0.00250. The van der Waals surface area contributed by atoms with Crippen molar-refractivity contribution >= 4 is 23.3 Å². The van der Waals surface area contributed by atoms with Crippen molar-refractivity contribution in [3.05, 3.63) is 58.7 Å². The summed E-state index contributed by atoms with van der Waals surface area (Å²) in [6.45, 7) is 4.06. The van der Waals surface area contributed by atoms with Gasteiger partial charge in [-0.1, -0.05) is 23.7 Å². The molecule has 1 saturated heterocycles. The average molecular weight is 387 g/mol. The molecule has 6 heteroatoms. The van der Waals surface area contributed by atoms with Crippen LogP contribution in [0.2, 0.25) is 5.02 Å². The van der Waals surface area contributed by atoms with Crippen molar-refractivity contribution in [1.82, 2.24) is 14.8 Å². The number of carbonyl (C=O) groups is 1. The van der Waals surface area contributed by atoms with Crippen molar-refractivity contribution in [3.63, 3.8) is 0 Å². The summed E-state index contributed by atoms with van der Waals surface area (Å²) < 4.78 is 0. The smallest absolute Gasteiger partial charge is 0.255 e. The molecule has 2 heterocycles. The number of likely N-dealkylation sites (N-methyl/N-ethyl adjacent to an activating group) is 1. The fourth-order valence-electron chi connectivity index (χ4n) is 3.26. The summed E-state index contributed by atoms with van der Waals surface area (Å²) >= 11 is 6.11. The van der Waals surface area contributed by atoms with Gasteiger partial charge in [-0.25, -0.2) is 4.98 Å². The highest BCUT2D eigenvalue weighted by atomic mass is 35.5. The molecule has 0 radical (unpaired) electrons. The molecule has 0 aliphatic carbocycles. The van der Waals surface area contributed by atoms with Gasteiger partial charge >= 0.3 is 0 Å². The highest BCUT2D eigenvalue weighted by Gasteiger charge is 2.19. The van der Waals surface area contributed by atoms with Gasteiger partial charge in [-0.05, 0) is 56.8 Å². The molecular weight excluding hydrogens is 360 g/mol. The monoisotopic (exact) mass is 386 g/mol. The number of halogens is 1. The Bertz CT molecular complexity index is 757. The molecule has 0 N–H and O–H groups in total. The van der Waals surface area contributed by atoms with E-state index in [0.29, 0.717) is 23.7 Å². The van der Waals surface area contributed by atoms with E-state index in [9.17, 15) is 4.79 Å². The van der Waals surface area contributed by atoms with Crippen LogP contribution in [0.1, 0.15) is 28.8 Å². The topological polar surface area (TPSA) is 39.7 Å². The molecule has 5 nitrogen and oxygen atoms in total. The first-order valence-electron chi connectivity index (χ1n) is 9.42. The maximum atomic E-state index is 13.1. The Kier molecular flexibility index (Phi) is 6.69. The molecule has 2 aromatic rings. The van der Waals surface area contributed by atoms with Crippen molar-refractivity contribution in [1.29, 1.82) is 0 Å². The van der Waals surface area contributed by atoms with Gasteiger partial charge in [0, 0.05) is 43.9 Å². The van der Waals surface area contributed by atoms with Gasteiger partial charge in [0.05, 0.1) is 5.56 Å². The fourth-order valence-corrected chi connectivity index (χ4v) is 3.47. The first-order chi connectivity index (χ1) is 13.0. The van der Waals surface area contributed by atoms with Gasteiger partial charge in [0.2, 0.25) is 0 Å². The largest absolute Gasteiger partial charge is 0.357 e. The Morgan fingerprint density at radius 1 is 1.15 bits per heavy atom. The van der Waals surface area contributed by atoms with Crippen LogP contribution in [0, 0.1) is 0 Å². The van der Waals surface area contributed by atoms with Crippen molar-refractivity contribution in [2.75, 3.05) is 45.2 Å². The lowest BCUT2D eigenvalue weighted by molar-refractivity contribution is 0.0731. The zero-order valence-electron chi connectivity index (χ0n) is 16.1. The zero-order chi connectivity index (χ0) is 19.2. The predicted octanol–water partition coefficient (Wildman–Crippen LogP) is 3.54. The molecule has 1 aliphatic rings. The first-order valence-corrected chi connectivity index (χ1v) is 9.80. The van der Waals surface area contributed by atoms with Crippen LogP contribution < -0.4 is 4.90 Å². The third-order valence-corrected chi connectivity index (χ3v) is 5.03. The van der Waals surface area contributed by atoms with Crippen LogP contribution in [-0.4, -0.2) is 61.0 Å². The molecule has 3 rings (SSSR count). The Labute approximate surface area is 166 Å². The van der Waals surface area contributed by atoms with E-state index in [1.165, 1.54) is 12.8 Å². The second kappa shape index (κ2) is 9.20. The van der Waals surface area contributed by atoms with Crippen LogP contribution in [-0.2, 0) is 6.54 Å². The summed E-state index contributed by atoms with van der Waals surface area (Å²) in [4.78, 5) is 23.8. The summed E-state index contributed by atoms with van der Waals surface area (Å²) in [5.74, 6) is 0.955. The van der Waals surface area contributed by atoms with E-state index < -0.39 is 0 Å². The second-order valence-corrected chi connectivity index (χ2v) is 7.70. The molecule has 1 aliphatic heterocycles. The Morgan fingerprint density at radius 3 is 2.56 bits per heavy atom. The van der Waals surface area contributed by atoms with Gasteiger partial charge in [0.25, 0.3) is 5.91 Å². The van der Waals surface area contributed by atoms with E-state index >= 15 is 0 Å². The lowest BCUT2D eigenvalue weighted by atomic mass is 10.2. The number of nitrogens with zero attached hydrogens (tertiary/aromatic N) is 4. The van der Waals surface area contributed by atoms with E-state index in [-0.39, 0.29) is 5.91 Å². The Hall–Kier alpha value is -2.11. The lowest BCUT2D eigenvalue weighted by Crippen LogP contribution is -2.36. The van der Waals surface area contributed by atoms with Gasteiger partial charge in [-0.3, -0.25) is 4.79 Å². The second-order valence-electron chi connectivity index (χ2n) is 7.26. The molecule has 1 fully saturated rings. The van der Waals surface area contributed by atoms with Gasteiger partial charge in [-0.2, -0.15) is 0 Å². The van der Waals surface area contributed by atoms with Crippen LogP contribution in [0.3, 0.4) is 0 Å². The average Bonchev–Trinajstić information content (AvgIpc) is 3.19. The first kappa shape index (κ1) is 19.6. The normalized spacial score (nSPS) is 14.0. The molecule has 1 amide bonds. The number of carbonyl (C=O) groups excluding carboxylic acids is 1. The Morgan fingerprint density at radius 2 is 1.93 bits per heavy atom. The molecular formula is C21H27ClN4O. The van der Waals surface area contributed by atoms with Crippen LogP contribution in [0.4, 0.5) is 5.82 Å². The van der Waals surface area contributed by atoms with Gasteiger partial charge in [0.1, 0.15) is 5.82 Å². The van der Waals surface area contributed by atoms with E-state index in [0.717, 1.165) is 31.0 Å². The third-order valence-electron chi connectivity index (χ3n) is 4.79. The fraction of sp³-hybridized carbons (Fsp3) is 0.429.